The van der Waals surface area contributed by atoms with Crippen LogP contribution in [0.3, 0.4) is 0 Å². The van der Waals surface area contributed by atoms with Gasteiger partial charge >= 0.3 is 0 Å². The first kappa shape index (κ1) is 21.4. The number of amides is 2. The Morgan fingerprint density at radius 2 is 2.21 bits per heavy atom. The lowest BCUT2D eigenvalue weighted by Gasteiger charge is -2.30. The molecule has 8 heteroatoms. The fourth-order valence-electron chi connectivity index (χ4n) is 6.15. The lowest BCUT2D eigenvalue weighted by Crippen LogP contribution is -2.48. The number of fused-ring (bicyclic) bond motifs is 3. The van der Waals surface area contributed by atoms with Crippen LogP contribution in [0.2, 0.25) is 0 Å². The number of nitrogens with zero attached hydrogens (tertiary/aromatic N) is 4. The van der Waals surface area contributed by atoms with Gasteiger partial charge in [0.25, 0.3) is 0 Å². The second-order valence-corrected chi connectivity index (χ2v) is 10.7. The topological polar surface area (TPSA) is 98.0 Å². The Kier molecular flexibility index (Phi) is 4.66. The van der Waals surface area contributed by atoms with E-state index < -0.39 is 6.04 Å². The minimum atomic E-state index is -0.423. The number of anilines is 1. The first-order chi connectivity index (χ1) is 16.3. The Morgan fingerprint density at radius 1 is 1.38 bits per heavy atom. The number of H-pyrrole nitrogens is 2. The third-order valence-corrected chi connectivity index (χ3v) is 8.40. The van der Waals surface area contributed by atoms with Crippen LogP contribution in [0.1, 0.15) is 56.4 Å². The molecule has 1 unspecified atom stereocenters. The number of hydrogen-bond acceptors (Lipinski definition) is 4. The number of nitrogens with one attached hydrogen (secondary N) is 2. The van der Waals surface area contributed by atoms with Crippen molar-refractivity contribution in [1.29, 1.82) is 0 Å². The fourth-order valence-corrected chi connectivity index (χ4v) is 6.15. The molecule has 6 rings (SSSR count). The summed E-state index contributed by atoms with van der Waals surface area (Å²) in [6.45, 7) is 7.00. The molecular formula is C26H32N6O2. The standard InChI is InChI=1S/C26H32N6O2/c1-5-20(32-8-6-7-22(32)33)25(34)31(4)21-11-18-17(9-14(21)2)27-24(28-18)23-16-10-15-12-26(15,3)13-19(16)29-30-23/h9,11,15,20H,5-8,10,12-13H2,1-4H3,(H,27,28)(H,29,30)/t15-,20?,26-/m1/s1. The van der Waals surface area contributed by atoms with Gasteiger partial charge in [0.2, 0.25) is 11.8 Å². The fraction of sp³-hybridized carbons (Fsp3) is 0.538. The summed E-state index contributed by atoms with van der Waals surface area (Å²) in [5.41, 5.74) is 7.45. The molecule has 34 heavy (non-hydrogen) atoms. The van der Waals surface area contributed by atoms with Crippen LogP contribution in [0.15, 0.2) is 12.1 Å². The summed E-state index contributed by atoms with van der Waals surface area (Å²) in [6, 6.07) is 3.59. The zero-order chi connectivity index (χ0) is 23.8. The van der Waals surface area contributed by atoms with Crippen molar-refractivity contribution in [1.82, 2.24) is 25.1 Å². The lowest BCUT2D eigenvalue weighted by molar-refractivity contribution is -0.136. The van der Waals surface area contributed by atoms with Gasteiger partial charge in [0.1, 0.15) is 11.7 Å². The Balaban J connectivity index is 1.31. The second-order valence-electron chi connectivity index (χ2n) is 10.7. The molecule has 3 aliphatic rings. The van der Waals surface area contributed by atoms with Gasteiger partial charge < -0.3 is 14.8 Å². The Bertz CT molecular complexity index is 1320. The molecule has 8 nitrogen and oxygen atoms in total. The summed E-state index contributed by atoms with van der Waals surface area (Å²) in [5, 5.41) is 7.88. The van der Waals surface area contributed by atoms with E-state index in [0.29, 0.717) is 24.8 Å². The van der Waals surface area contributed by atoms with Crippen LogP contribution in [0, 0.1) is 18.3 Å². The summed E-state index contributed by atoms with van der Waals surface area (Å²) < 4.78 is 0. The van der Waals surface area contributed by atoms with Crippen molar-refractivity contribution < 1.29 is 9.59 Å². The molecule has 2 aliphatic carbocycles. The summed E-state index contributed by atoms with van der Waals surface area (Å²) in [6.07, 6.45) is 5.38. The molecule has 2 N–H and O–H groups in total. The number of aryl methyl sites for hydroxylation is 1. The van der Waals surface area contributed by atoms with Gasteiger partial charge in [-0.2, -0.15) is 5.10 Å². The normalized spacial score (nSPS) is 24.3. The molecule has 0 spiro atoms. The molecule has 2 aromatic heterocycles. The monoisotopic (exact) mass is 460 g/mol. The molecule has 1 aliphatic heterocycles. The predicted molar refractivity (Wildman–Crippen MR) is 130 cm³/mol. The van der Waals surface area contributed by atoms with Crippen LogP contribution in [-0.2, 0) is 22.4 Å². The molecule has 1 saturated heterocycles. The number of benzene rings is 1. The van der Waals surface area contributed by atoms with Crippen LogP contribution in [-0.4, -0.2) is 56.5 Å². The van der Waals surface area contributed by atoms with E-state index >= 15 is 0 Å². The number of aromatic nitrogens is 4. The molecule has 3 aromatic rings. The molecule has 178 valence electrons. The van der Waals surface area contributed by atoms with Crippen LogP contribution in [0.5, 0.6) is 0 Å². The summed E-state index contributed by atoms with van der Waals surface area (Å²) in [5.74, 6) is 1.55. The van der Waals surface area contributed by atoms with Crippen molar-refractivity contribution >= 4 is 28.5 Å². The molecule has 0 bridgehead atoms. The average Bonchev–Trinajstić information content (AvgIpc) is 3.15. The Hall–Kier alpha value is -3.16. The van der Waals surface area contributed by atoms with Gasteiger partial charge in [-0.3, -0.25) is 14.7 Å². The zero-order valence-corrected chi connectivity index (χ0v) is 20.4. The van der Waals surface area contributed by atoms with E-state index in [9.17, 15) is 9.59 Å². The largest absolute Gasteiger partial charge is 0.337 e. The van der Waals surface area contributed by atoms with Crippen molar-refractivity contribution in [3.8, 4) is 11.5 Å². The third-order valence-electron chi connectivity index (χ3n) is 8.40. The molecule has 1 aromatic carbocycles. The van der Waals surface area contributed by atoms with Gasteiger partial charge in [-0.1, -0.05) is 13.8 Å². The molecule has 3 atom stereocenters. The smallest absolute Gasteiger partial charge is 0.249 e. The molecular weight excluding hydrogens is 428 g/mol. The number of likely N-dealkylation sites (tertiary alicyclic amines) is 1. The lowest BCUT2D eigenvalue weighted by atomic mass is 9.88. The zero-order valence-electron chi connectivity index (χ0n) is 20.4. The minimum absolute atomic E-state index is 0.0511. The van der Waals surface area contributed by atoms with E-state index in [1.54, 1.807) is 16.8 Å². The van der Waals surface area contributed by atoms with Gasteiger partial charge in [0.15, 0.2) is 5.82 Å². The number of aromatic amines is 2. The SMILES string of the molecule is CCC(C(=O)N(C)c1cc2nc(-c3n[nH]c4c3C[C@@H]3C[C@]3(C)C4)[nH]c2cc1C)N1CCCC1=O. The molecule has 3 heterocycles. The number of hydrogen-bond donors (Lipinski definition) is 2. The van der Waals surface area contributed by atoms with E-state index in [2.05, 4.69) is 22.1 Å². The summed E-state index contributed by atoms with van der Waals surface area (Å²) in [4.78, 5) is 37.4. The van der Waals surface area contributed by atoms with Crippen molar-refractivity contribution in [2.24, 2.45) is 11.3 Å². The summed E-state index contributed by atoms with van der Waals surface area (Å²) >= 11 is 0. The quantitative estimate of drug-likeness (QED) is 0.606. The minimum Gasteiger partial charge on any atom is -0.337 e. The number of likely N-dealkylation sites (N-methyl/N-ethyl adjacent to an activating group) is 1. The highest BCUT2D eigenvalue weighted by molar-refractivity contribution is 6.01. The molecule has 2 fully saturated rings. The second kappa shape index (κ2) is 7.42. The van der Waals surface area contributed by atoms with Gasteiger partial charge in [-0.25, -0.2) is 4.98 Å². The number of carbonyl (C=O) groups is 2. The van der Waals surface area contributed by atoms with Gasteiger partial charge in [-0.05, 0) is 68.1 Å². The first-order valence-corrected chi connectivity index (χ1v) is 12.4. The van der Waals surface area contributed by atoms with Crippen LogP contribution in [0.4, 0.5) is 5.69 Å². The molecule has 1 saturated carbocycles. The maximum atomic E-state index is 13.4. The Labute approximate surface area is 199 Å². The van der Waals surface area contributed by atoms with Gasteiger partial charge in [0, 0.05) is 37.0 Å². The predicted octanol–water partition coefficient (Wildman–Crippen LogP) is 3.75. The van der Waals surface area contributed by atoms with E-state index in [1.807, 2.05) is 26.0 Å². The summed E-state index contributed by atoms with van der Waals surface area (Å²) in [7, 11) is 1.80. The van der Waals surface area contributed by atoms with E-state index in [0.717, 1.165) is 59.0 Å². The Morgan fingerprint density at radius 3 is 2.94 bits per heavy atom. The van der Waals surface area contributed by atoms with Gasteiger partial charge in [-0.15, -0.1) is 0 Å². The van der Waals surface area contributed by atoms with E-state index in [1.165, 1.54) is 17.7 Å². The highest BCUT2D eigenvalue weighted by atomic mass is 16.2. The number of carbonyl (C=O) groups excluding carboxylic acids is 2. The number of imidazole rings is 1. The van der Waals surface area contributed by atoms with Crippen molar-refractivity contribution in [2.45, 2.75) is 65.3 Å². The molecule has 2 amide bonds. The van der Waals surface area contributed by atoms with E-state index in [-0.39, 0.29) is 11.8 Å². The van der Waals surface area contributed by atoms with Crippen molar-refractivity contribution in [3.05, 3.63) is 29.0 Å². The number of rotatable bonds is 5. The third kappa shape index (κ3) is 3.18. The van der Waals surface area contributed by atoms with E-state index in [4.69, 9.17) is 4.98 Å². The maximum absolute atomic E-state index is 13.4. The highest BCUT2D eigenvalue weighted by Crippen LogP contribution is 2.59. The van der Waals surface area contributed by atoms with Gasteiger partial charge in [0.05, 0.1) is 11.0 Å². The molecule has 0 radical (unpaired) electrons. The first-order valence-electron chi connectivity index (χ1n) is 12.4. The highest BCUT2D eigenvalue weighted by Gasteiger charge is 2.53. The van der Waals surface area contributed by atoms with Crippen LogP contribution < -0.4 is 4.90 Å². The maximum Gasteiger partial charge on any atom is 0.249 e. The van der Waals surface area contributed by atoms with Crippen LogP contribution >= 0.6 is 0 Å². The van der Waals surface area contributed by atoms with Crippen LogP contribution in [0.25, 0.3) is 22.6 Å². The van der Waals surface area contributed by atoms with Crippen molar-refractivity contribution in [2.75, 3.05) is 18.5 Å². The van der Waals surface area contributed by atoms with Crippen molar-refractivity contribution in [3.63, 3.8) is 0 Å². The average molecular weight is 461 g/mol.